The predicted octanol–water partition coefficient (Wildman–Crippen LogP) is 1.79. The molecule has 0 saturated heterocycles. The molecule has 3 rings (SSSR count). The van der Waals surface area contributed by atoms with Gasteiger partial charge in [0.2, 0.25) is 5.95 Å². The number of hydrogen-bond donors (Lipinski definition) is 3. The molecule has 0 fully saturated rings. The fraction of sp³-hybridized carbons (Fsp3) is 0. The average Bonchev–Trinajstić information content (AvgIpc) is 2.91. The smallest absolute Gasteiger partial charge is 0.276 e. The van der Waals surface area contributed by atoms with E-state index < -0.39 is 0 Å². The van der Waals surface area contributed by atoms with E-state index in [0.717, 1.165) is 10.8 Å². The number of hydrogen-bond acceptors (Lipinski definition) is 4. The van der Waals surface area contributed by atoms with Gasteiger partial charge in [-0.2, -0.15) is 0 Å². The Labute approximate surface area is 108 Å². The van der Waals surface area contributed by atoms with Gasteiger partial charge in [0.05, 0.1) is 0 Å². The summed E-state index contributed by atoms with van der Waals surface area (Å²) in [6, 6.07) is 9.21. The SMILES string of the molecule is Nc1nc(C(=O)Nc2ncc[nH]2)cc2ccccc12. The van der Waals surface area contributed by atoms with Crippen LogP contribution in [-0.2, 0) is 0 Å². The number of rotatable bonds is 2. The molecule has 1 amide bonds. The maximum atomic E-state index is 12.0. The van der Waals surface area contributed by atoms with Crippen LogP contribution in [0.15, 0.2) is 42.7 Å². The summed E-state index contributed by atoms with van der Waals surface area (Å²) >= 11 is 0. The quantitative estimate of drug-likeness (QED) is 0.648. The van der Waals surface area contributed by atoms with Crippen molar-refractivity contribution in [2.45, 2.75) is 0 Å². The van der Waals surface area contributed by atoms with Crippen LogP contribution in [0.25, 0.3) is 10.8 Å². The number of fused-ring (bicyclic) bond motifs is 1. The van der Waals surface area contributed by atoms with Crippen molar-refractivity contribution < 1.29 is 4.79 Å². The molecule has 1 aromatic carbocycles. The molecule has 6 heteroatoms. The second-order valence-electron chi connectivity index (χ2n) is 4.01. The number of aromatic amines is 1. The van der Waals surface area contributed by atoms with Crippen LogP contribution < -0.4 is 11.1 Å². The molecule has 0 radical (unpaired) electrons. The van der Waals surface area contributed by atoms with Crippen molar-refractivity contribution in [2.75, 3.05) is 11.1 Å². The van der Waals surface area contributed by atoms with E-state index in [9.17, 15) is 4.79 Å². The molecule has 6 nitrogen and oxygen atoms in total. The molecule has 94 valence electrons. The molecule has 4 N–H and O–H groups in total. The fourth-order valence-corrected chi connectivity index (χ4v) is 1.85. The summed E-state index contributed by atoms with van der Waals surface area (Å²) in [5, 5.41) is 4.31. The van der Waals surface area contributed by atoms with Crippen LogP contribution >= 0.6 is 0 Å². The van der Waals surface area contributed by atoms with Crippen LogP contribution in [0.2, 0.25) is 0 Å². The summed E-state index contributed by atoms with van der Waals surface area (Å²) in [4.78, 5) is 22.8. The predicted molar refractivity (Wildman–Crippen MR) is 72.7 cm³/mol. The van der Waals surface area contributed by atoms with Gasteiger partial charge in [-0.05, 0) is 11.5 Å². The molecule has 0 aliphatic rings. The van der Waals surface area contributed by atoms with E-state index in [1.807, 2.05) is 24.3 Å². The molecule has 0 bridgehead atoms. The van der Waals surface area contributed by atoms with Crippen molar-refractivity contribution in [3.05, 3.63) is 48.4 Å². The molecule has 0 spiro atoms. The van der Waals surface area contributed by atoms with Gasteiger partial charge in [-0.3, -0.25) is 10.1 Å². The highest BCUT2D eigenvalue weighted by molar-refractivity contribution is 6.05. The summed E-state index contributed by atoms with van der Waals surface area (Å²) in [5.41, 5.74) is 6.11. The van der Waals surface area contributed by atoms with Crippen molar-refractivity contribution in [1.82, 2.24) is 15.0 Å². The topological polar surface area (TPSA) is 96.7 Å². The number of benzene rings is 1. The first-order valence-corrected chi connectivity index (χ1v) is 5.70. The van der Waals surface area contributed by atoms with Gasteiger partial charge < -0.3 is 10.7 Å². The molecule has 2 aromatic heterocycles. The lowest BCUT2D eigenvalue weighted by atomic mass is 10.1. The van der Waals surface area contributed by atoms with E-state index in [0.29, 0.717) is 11.8 Å². The van der Waals surface area contributed by atoms with Crippen LogP contribution in [0.5, 0.6) is 0 Å². The number of imidazole rings is 1. The van der Waals surface area contributed by atoms with Crippen molar-refractivity contribution >= 4 is 28.4 Å². The first kappa shape index (κ1) is 11.2. The highest BCUT2D eigenvalue weighted by Crippen LogP contribution is 2.20. The molecule has 3 aromatic rings. The van der Waals surface area contributed by atoms with E-state index in [1.165, 1.54) is 0 Å². The van der Waals surface area contributed by atoms with Gasteiger partial charge in [0.1, 0.15) is 11.5 Å². The summed E-state index contributed by atoms with van der Waals surface area (Å²) in [6.45, 7) is 0. The number of nitrogens with two attached hydrogens (primary N) is 1. The van der Waals surface area contributed by atoms with Crippen LogP contribution in [0.4, 0.5) is 11.8 Å². The largest absolute Gasteiger partial charge is 0.383 e. The number of carbonyl (C=O) groups is 1. The Balaban J connectivity index is 1.98. The van der Waals surface area contributed by atoms with Gasteiger partial charge in [-0.15, -0.1) is 0 Å². The van der Waals surface area contributed by atoms with Gasteiger partial charge in [0.15, 0.2) is 0 Å². The van der Waals surface area contributed by atoms with Crippen molar-refractivity contribution in [1.29, 1.82) is 0 Å². The summed E-state index contributed by atoms with van der Waals surface area (Å²) in [5.74, 6) is 0.355. The fourth-order valence-electron chi connectivity index (χ4n) is 1.85. The standard InChI is InChI=1S/C13H11N5O/c14-11-9-4-2-1-3-8(9)7-10(17-11)12(19)18-13-15-5-6-16-13/h1-7H,(H2,14,17)(H2,15,16,18,19). The minimum absolute atomic E-state index is 0.257. The molecule has 0 saturated carbocycles. The van der Waals surface area contributed by atoms with Crippen LogP contribution in [0, 0.1) is 0 Å². The highest BCUT2D eigenvalue weighted by atomic mass is 16.2. The third-order valence-corrected chi connectivity index (χ3v) is 2.73. The van der Waals surface area contributed by atoms with E-state index >= 15 is 0 Å². The lowest BCUT2D eigenvalue weighted by Crippen LogP contribution is -2.15. The van der Waals surface area contributed by atoms with E-state index in [1.54, 1.807) is 18.5 Å². The maximum absolute atomic E-state index is 12.0. The third-order valence-electron chi connectivity index (χ3n) is 2.73. The second kappa shape index (κ2) is 4.41. The van der Waals surface area contributed by atoms with Gasteiger partial charge in [0, 0.05) is 17.8 Å². The lowest BCUT2D eigenvalue weighted by Gasteiger charge is -2.05. The van der Waals surface area contributed by atoms with Gasteiger partial charge in [-0.25, -0.2) is 9.97 Å². The summed E-state index contributed by atoms with van der Waals surface area (Å²) in [7, 11) is 0. The maximum Gasteiger partial charge on any atom is 0.276 e. The van der Waals surface area contributed by atoms with Gasteiger partial charge in [-0.1, -0.05) is 24.3 Å². The zero-order chi connectivity index (χ0) is 13.2. The Kier molecular flexibility index (Phi) is 2.60. The van der Waals surface area contributed by atoms with Crippen LogP contribution in [0.1, 0.15) is 10.5 Å². The molecular formula is C13H11N5O. The molecule has 0 aliphatic carbocycles. The Bertz CT molecular complexity index is 736. The molecule has 0 atom stereocenters. The van der Waals surface area contributed by atoms with Gasteiger partial charge in [0.25, 0.3) is 5.91 Å². The highest BCUT2D eigenvalue weighted by Gasteiger charge is 2.11. The van der Waals surface area contributed by atoms with E-state index in [-0.39, 0.29) is 11.6 Å². The molecule has 0 aliphatic heterocycles. The minimum atomic E-state index is -0.354. The zero-order valence-electron chi connectivity index (χ0n) is 9.92. The number of nitrogen functional groups attached to an aromatic ring is 1. The second-order valence-corrected chi connectivity index (χ2v) is 4.01. The lowest BCUT2D eigenvalue weighted by molar-refractivity contribution is 0.102. The Hall–Kier alpha value is -2.89. The van der Waals surface area contributed by atoms with Crippen LogP contribution in [0.3, 0.4) is 0 Å². The minimum Gasteiger partial charge on any atom is -0.383 e. The van der Waals surface area contributed by atoms with Crippen molar-refractivity contribution in [3.8, 4) is 0 Å². The normalized spacial score (nSPS) is 10.5. The zero-order valence-corrected chi connectivity index (χ0v) is 9.92. The van der Waals surface area contributed by atoms with Crippen molar-refractivity contribution in [2.24, 2.45) is 0 Å². The number of amides is 1. The van der Waals surface area contributed by atoms with Crippen molar-refractivity contribution in [3.63, 3.8) is 0 Å². The Morgan fingerprint density at radius 1 is 1.32 bits per heavy atom. The molecule has 0 unspecified atom stereocenters. The number of pyridine rings is 1. The monoisotopic (exact) mass is 253 g/mol. The first-order chi connectivity index (χ1) is 9.24. The molecule has 2 heterocycles. The molecular weight excluding hydrogens is 242 g/mol. The first-order valence-electron chi connectivity index (χ1n) is 5.70. The Morgan fingerprint density at radius 2 is 2.16 bits per heavy atom. The van der Waals surface area contributed by atoms with E-state index in [2.05, 4.69) is 20.3 Å². The Morgan fingerprint density at radius 3 is 2.95 bits per heavy atom. The summed E-state index contributed by atoms with van der Waals surface area (Å²) in [6.07, 6.45) is 3.18. The third kappa shape index (κ3) is 2.11. The van der Waals surface area contributed by atoms with Crippen LogP contribution in [-0.4, -0.2) is 20.9 Å². The number of nitrogens with zero attached hydrogens (tertiary/aromatic N) is 2. The van der Waals surface area contributed by atoms with Gasteiger partial charge >= 0.3 is 0 Å². The average molecular weight is 253 g/mol. The number of carbonyl (C=O) groups excluding carboxylic acids is 1. The van der Waals surface area contributed by atoms with E-state index in [4.69, 9.17) is 5.73 Å². The molecule has 19 heavy (non-hydrogen) atoms. The number of aromatic nitrogens is 3. The number of nitrogens with one attached hydrogen (secondary N) is 2. The number of anilines is 2. The number of H-pyrrole nitrogens is 1. The summed E-state index contributed by atoms with van der Waals surface area (Å²) < 4.78 is 0.